The Morgan fingerprint density at radius 3 is 2.60 bits per heavy atom. The van der Waals surface area contributed by atoms with Gasteiger partial charge in [0.25, 0.3) is 0 Å². The van der Waals surface area contributed by atoms with E-state index in [4.69, 9.17) is 0 Å². The minimum absolute atomic E-state index is 0.306. The fourth-order valence-corrected chi connectivity index (χ4v) is 1.68. The summed E-state index contributed by atoms with van der Waals surface area (Å²) < 4.78 is 0. The molecule has 0 saturated carbocycles. The van der Waals surface area contributed by atoms with Crippen molar-refractivity contribution >= 4 is 12.2 Å². The van der Waals surface area contributed by atoms with Crippen LogP contribution in [0.1, 0.15) is 22.3 Å². The topological polar surface area (TPSA) is 58.9 Å². The second-order valence-electron chi connectivity index (χ2n) is 3.33. The molecule has 74 valence electrons. The van der Waals surface area contributed by atoms with E-state index in [1.807, 2.05) is 12.1 Å². The van der Waals surface area contributed by atoms with Crippen LogP contribution >= 0.6 is 0 Å². The molecule has 0 spiro atoms. The Bertz CT molecular complexity index is 496. The van der Waals surface area contributed by atoms with Crippen LogP contribution in [0.2, 0.25) is 0 Å². The van der Waals surface area contributed by atoms with Crippen molar-refractivity contribution in [2.75, 3.05) is 0 Å². The first kappa shape index (κ1) is 9.53. The first-order valence-corrected chi connectivity index (χ1v) is 4.56. The standard InChI is InChI=1S/C11H8N2O2/c14-6-12-4-9-2-1-8-3-10(8)11(9)5-13-7-15/h1-2H,3-5H2. The maximum Gasteiger partial charge on any atom is 0.235 e. The van der Waals surface area contributed by atoms with Crippen LogP contribution < -0.4 is 0 Å². The SMILES string of the molecule is O=C=NCc1ccc2c(c1CN=C=O)C2. The number of aliphatic imine (C=N–C) groups is 2. The quantitative estimate of drug-likeness (QED) is 0.551. The van der Waals surface area contributed by atoms with Crippen LogP contribution in [0.25, 0.3) is 0 Å². The molecule has 0 heterocycles. The molecule has 1 aliphatic rings. The Morgan fingerprint density at radius 1 is 1.13 bits per heavy atom. The molecule has 0 amide bonds. The first-order valence-electron chi connectivity index (χ1n) is 4.56. The molecule has 0 saturated heterocycles. The third-order valence-electron chi connectivity index (χ3n) is 2.48. The fraction of sp³-hybridized carbons (Fsp3) is 0.273. The molecule has 0 unspecified atom stereocenters. The van der Waals surface area contributed by atoms with Gasteiger partial charge in [0.1, 0.15) is 0 Å². The van der Waals surface area contributed by atoms with Crippen molar-refractivity contribution in [3.63, 3.8) is 0 Å². The normalized spacial score (nSPS) is 10.9. The maximum atomic E-state index is 10.1. The third kappa shape index (κ3) is 1.91. The number of isocyanates is 2. The number of benzene rings is 1. The van der Waals surface area contributed by atoms with Gasteiger partial charge in [0.2, 0.25) is 12.2 Å². The molecule has 15 heavy (non-hydrogen) atoms. The van der Waals surface area contributed by atoms with Gasteiger partial charge < -0.3 is 0 Å². The fourth-order valence-electron chi connectivity index (χ4n) is 1.68. The lowest BCUT2D eigenvalue weighted by atomic mass is 10.1. The average molecular weight is 200 g/mol. The lowest BCUT2D eigenvalue weighted by Crippen LogP contribution is -1.91. The zero-order valence-corrected chi connectivity index (χ0v) is 7.99. The molecule has 1 aromatic rings. The summed E-state index contributed by atoms with van der Waals surface area (Å²) in [6.07, 6.45) is 3.97. The van der Waals surface area contributed by atoms with E-state index in [9.17, 15) is 9.59 Å². The Kier molecular flexibility index (Phi) is 2.55. The predicted octanol–water partition coefficient (Wildman–Crippen LogP) is 1.26. The number of nitrogens with zero attached hydrogens (tertiary/aromatic N) is 2. The monoisotopic (exact) mass is 200 g/mol. The Balaban J connectivity index is 2.32. The highest BCUT2D eigenvalue weighted by Crippen LogP contribution is 2.34. The number of rotatable bonds is 4. The van der Waals surface area contributed by atoms with Crippen molar-refractivity contribution < 1.29 is 9.59 Å². The van der Waals surface area contributed by atoms with Gasteiger partial charge in [0, 0.05) is 0 Å². The van der Waals surface area contributed by atoms with E-state index in [2.05, 4.69) is 9.98 Å². The van der Waals surface area contributed by atoms with Crippen LogP contribution in [-0.4, -0.2) is 12.2 Å². The first-order chi connectivity index (χ1) is 7.36. The van der Waals surface area contributed by atoms with Gasteiger partial charge in [0.15, 0.2) is 0 Å². The van der Waals surface area contributed by atoms with Gasteiger partial charge in [-0.1, -0.05) is 12.1 Å². The van der Waals surface area contributed by atoms with E-state index in [0.29, 0.717) is 13.1 Å². The molecule has 0 bridgehead atoms. The number of carbonyl (C=O) groups excluding carboxylic acids is 2. The van der Waals surface area contributed by atoms with E-state index in [1.54, 1.807) is 0 Å². The minimum atomic E-state index is 0.306. The zero-order valence-electron chi connectivity index (χ0n) is 7.99. The molecule has 0 aromatic heterocycles. The molecule has 4 nitrogen and oxygen atoms in total. The molecule has 0 N–H and O–H groups in total. The van der Waals surface area contributed by atoms with Crippen LogP contribution in [0.15, 0.2) is 22.1 Å². The molecule has 0 radical (unpaired) electrons. The molecule has 1 aromatic carbocycles. The Labute approximate surface area is 86.4 Å². The lowest BCUT2D eigenvalue weighted by Gasteiger charge is -2.01. The summed E-state index contributed by atoms with van der Waals surface area (Å²) in [7, 11) is 0. The van der Waals surface area contributed by atoms with Crippen LogP contribution in [-0.2, 0) is 29.1 Å². The van der Waals surface area contributed by atoms with Crippen LogP contribution in [0, 0.1) is 0 Å². The van der Waals surface area contributed by atoms with Gasteiger partial charge in [-0.3, -0.25) is 0 Å². The number of hydrogen-bond acceptors (Lipinski definition) is 4. The molecule has 4 heteroatoms. The molecule has 2 rings (SSSR count). The maximum absolute atomic E-state index is 10.1. The molecular formula is C11H8N2O2. The molecule has 1 aliphatic carbocycles. The third-order valence-corrected chi connectivity index (χ3v) is 2.48. The van der Waals surface area contributed by atoms with E-state index < -0.39 is 0 Å². The highest BCUT2D eigenvalue weighted by Gasteiger charge is 2.22. The highest BCUT2D eigenvalue weighted by atomic mass is 16.1. The van der Waals surface area contributed by atoms with E-state index in [-0.39, 0.29) is 0 Å². The second-order valence-corrected chi connectivity index (χ2v) is 3.33. The van der Waals surface area contributed by atoms with Crippen molar-refractivity contribution in [2.45, 2.75) is 19.5 Å². The van der Waals surface area contributed by atoms with Gasteiger partial charge in [-0.05, 0) is 28.7 Å². The van der Waals surface area contributed by atoms with Crippen molar-refractivity contribution in [1.82, 2.24) is 0 Å². The average Bonchev–Trinajstić information content (AvgIpc) is 3.02. The largest absolute Gasteiger partial charge is 0.235 e. The Hall–Kier alpha value is -2.02. The van der Waals surface area contributed by atoms with Crippen LogP contribution in [0.4, 0.5) is 0 Å². The minimum Gasteiger partial charge on any atom is -0.211 e. The van der Waals surface area contributed by atoms with Crippen LogP contribution in [0.5, 0.6) is 0 Å². The van der Waals surface area contributed by atoms with Gasteiger partial charge in [0.05, 0.1) is 13.1 Å². The smallest absolute Gasteiger partial charge is 0.211 e. The lowest BCUT2D eigenvalue weighted by molar-refractivity contribution is 0.561. The molecular weight excluding hydrogens is 192 g/mol. The van der Waals surface area contributed by atoms with Crippen molar-refractivity contribution in [1.29, 1.82) is 0 Å². The number of fused-ring (bicyclic) bond motifs is 1. The summed E-state index contributed by atoms with van der Waals surface area (Å²) in [6.45, 7) is 0.636. The molecule has 0 atom stereocenters. The highest BCUT2D eigenvalue weighted by molar-refractivity contribution is 5.54. The van der Waals surface area contributed by atoms with Gasteiger partial charge in [-0.15, -0.1) is 0 Å². The molecule has 0 fully saturated rings. The van der Waals surface area contributed by atoms with E-state index in [0.717, 1.165) is 17.5 Å². The second kappa shape index (κ2) is 4.01. The zero-order chi connectivity index (χ0) is 10.7. The summed E-state index contributed by atoms with van der Waals surface area (Å²) in [5, 5.41) is 0. The summed E-state index contributed by atoms with van der Waals surface area (Å²) in [5.41, 5.74) is 4.46. The van der Waals surface area contributed by atoms with Gasteiger partial charge in [-0.25, -0.2) is 19.6 Å². The van der Waals surface area contributed by atoms with Gasteiger partial charge in [-0.2, -0.15) is 0 Å². The Morgan fingerprint density at radius 2 is 1.87 bits per heavy atom. The van der Waals surface area contributed by atoms with E-state index >= 15 is 0 Å². The summed E-state index contributed by atoms with van der Waals surface area (Å²) in [6, 6.07) is 3.93. The van der Waals surface area contributed by atoms with E-state index in [1.165, 1.54) is 23.3 Å². The summed E-state index contributed by atoms with van der Waals surface area (Å²) in [5.74, 6) is 0. The predicted molar refractivity (Wildman–Crippen MR) is 52.9 cm³/mol. The summed E-state index contributed by atoms with van der Waals surface area (Å²) >= 11 is 0. The van der Waals surface area contributed by atoms with Crippen molar-refractivity contribution in [2.24, 2.45) is 9.98 Å². The van der Waals surface area contributed by atoms with Crippen molar-refractivity contribution in [3.8, 4) is 0 Å². The molecule has 0 aliphatic heterocycles. The van der Waals surface area contributed by atoms with Gasteiger partial charge >= 0.3 is 0 Å². The van der Waals surface area contributed by atoms with Crippen LogP contribution in [0.3, 0.4) is 0 Å². The van der Waals surface area contributed by atoms with Crippen molar-refractivity contribution in [3.05, 3.63) is 34.4 Å². The summed E-state index contributed by atoms with van der Waals surface area (Å²) in [4.78, 5) is 27.2. The number of hydrogen-bond donors (Lipinski definition) is 0.